The predicted molar refractivity (Wildman–Crippen MR) is 86.2 cm³/mol. The van der Waals surface area contributed by atoms with Crippen molar-refractivity contribution in [3.8, 4) is 5.69 Å². The number of hydrogen-bond donors (Lipinski definition) is 2. The van der Waals surface area contributed by atoms with Gasteiger partial charge in [-0.05, 0) is 25.1 Å². The SMILES string of the molecule is Cl.O=C(NC1CCNC1)c1ccn(-c2cccc([N+](=O)[O-])c2)n1. The number of carbonyl (C=O) groups excluding carboxylic acids is 1. The van der Waals surface area contributed by atoms with Gasteiger partial charge in [-0.25, -0.2) is 4.68 Å². The Morgan fingerprint density at radius 2 is 2.26 bits per heavy atom. The van der Waals surface area contributed by atoms with Gasteiger partial charge in [-0.1, -0.05) is 6.07 Å². The molecule has 1 aromatic heterocycles. The van der Waals surface area contributed by atoms with E-state index in [4.69, 9.17) is 0 Å². The van der Waals surface area contributed by atoms with Crippen LogP contribution in [0.5, 0.6) is 0 Å². The maximum Gasteiger partial charge on any atom is 0.272 e. The Morgan fingerprint density at radius 3 is 2.96 bits per heavy atom. The fraction of sp³-hybridized carbons (Fsp3) is 0.286. The highest BCUT2D eigenvalue weighted by molar-refractivity contribution is 5.92. The molecule has 0 spiro atoms. The lowest BCUT2D eigenvalue weighted by Gasteiger charge is -2.09. The van der Waals surface area contributed by atoms with Crippen LogP contribution in [-0.2, 0) is 0 Å². The van der Waals surface area contributed by atoms with E-state index in [1.807, 2.05) is 0 Å². The van der Waals surface area contributed by atoms with Crippen LogP contribution in [-0.4, -0.2) is 39.7 Å². The Kier molecular flexibility index (Phi) is 5.30. The van der Waals surface area contributed by atoms with Crippen LogP contribution in [0.4, 0.5) is 5.69 Å². The molecule has 2 N–H and O–H groups in total. The Bertz CT molecular complexity index is 712. The molecular formula is C14H16ClN5O3. The number of amides is 1. The number of aromatic nitrogens is 2. The molecule has 0 saturated carbocycles. The second-order valence-corrected chi connectivity index (χ2v) is 5.09. The summed E-state index contributed by atoms with van der Waals surface area (Å²) in [5.41, 5.74) is 0.810. The molecule has 1 atom stereocenters. The first kappa shape index (κ1) is 16.9. The third-order valence-electron chi connectivity index (χ3n) is 3.52. The fourth-order valence-electron chi connectivity index (χ4n) is 2.38. The number of nitro benzene ring substituents is 1. The zero-order valence-corrected chi connectivity index (χ0v) is 13.0. The van der Waals surface area contributed by atoms with Gasteiger partial charge in [0.1, 0.15) is 0 Å². The zero-order valence-electron chi connectivity index (χ0n) is 12.1. The van der Waals surface area contributed by atoms with Gasteiger partial charge < -0.3 is 10.6 Å². The molecule has 23 heavy (non-hydrogen) atoms. The van der Waals surface area contributed by atoms with Crippen LogP contribution in [0.15, 0.2) is 36.5 Å². The lowest BCUT2D eigenvalue weighted by atomic mass is 10.2. The molecule has 1 aliphatic heterocycles. The first-order valence-electron chi connectivity index (χ1n) is 6.95. The molecule has 1 aliphatic rings. The van der Waals surface area contributed by atoms with Gasteiger partial charge in [-0.15, -0.1) is 12.4 Å². The van der Waals surface area contributed by atoms with Crippen LogP contribution in [0.2, 0.25) is 0 Å². The minimum atomic E-state index is -0.465. The van der Waals surface area contributed by atoms with Crippen molar-refractivity contribution in [3.05, 3.63) is 52.3 Å². The highest BCUT2D eigenvalue weighted by atomic mass is 35.5. The van der Waals surface area contributed by atoms with Crippen molar-refractivity contribution in [2.45, 2.75) is 12.5 Å². The maximum atomic E-state index is 12.1. The average Bonchev–Trinajstić information content (AvgIpc) is 3.18. The fourth-order valence-corrected chi connectivity index (χ4v) is 2.38. The van der Waals surface area contributed by atoms with E-state index < -0.39 is 4.92 Å². The van der Waals surface area contributed by atoms with E-state index in [-0.39, 0.29) is 30.0 Å². The second kappa shape index (κ2) is 7.21. The number of rotatable bonds is 4. The van der Waals surface area contributed by atoms with Gasteiger partial charge >= 0.3 is 0 Å². The minimum Gasteiger partial charge on any atom is -0.347 e. The third-order valence-corrected chi connectivity index (χ3v) is 3.52. The molecule has 1 amide bonds. The molecule has 2 heterocycles. The number of carbonyl (C=O) groups is 1. The first-order valence-corrected chi connectivity index (χ1v) is 6.95. The van der Waals surface area contributed by atoms with Gasteiger partial charge in [-0.2, -0.15) is 5.10 Å². The summed E-state index contributed by atoms with van der Waals surface area (Å²) in [4.78, 5) is 22.4. The predicted octanol–water partition coefficient (Wildman–Crippen LogP) is 1.29. The molecule has 1 aromatic carbocycles. The molecule has 1 unspecified atom stereocenters. The summed E-state index contributed by atoms with van der Waals surface area (Å²) in [6.45, 7) is 1.66. The molecule has 0 aliphatic carbocycles. The Morgan fingerprint density at radius 1 is 1.43 bits per heavy atom. The number of non-ortho nitro benzene ring substituents is 1. The van der Waals surface area contributed by atoms with Crippen molar-refractivity contribution in [2.75, 3.05) is 13.1 Å². The van der Waals surface area contributed by atoms with Gasteiger partial charge in [0.25, 0.3) is 11.6 Å². The molecule has 0 bridgehead atoms. The molecule has 1 saturated heterocycles. The first-order chi connectivity index (χ1) is 10.6. The van der Waals surface area contributed by atoms with Crippen LogP contribution in [0.25, 0.3) is 5.69 Å². The van der Waals surface area contributed by atoms with Crippen LogP contribution < -0.4 is 10.6 Å². The molecular weight excluding hydrogens is 322 g/mol. The zero-order chi connectivity index (χ0) is 15.5. The topological polar surface area (TPSA) is 102 Å². The van der Waals surface area contributed by atoms with E-state index in [0.29, 0.717) is 11.4 Å². The quantitative estimate of drug-likeness (QED) is 0.646. The van der Waals surface area contributed by atoms with Crippen molar-refractivity contribution in [3.63, 3.8) is 0 Å². The largest absolute Gasteiger partial charge is 0.347 e. The highest BCUT2D eigenvalue weighted by Crippen LogP contribution is 2.16. The number of nitrogens with one attached hydrogen (secondary N) is 2. The van der Waals surface area contributed by atoms with Crippen LogP contribution in [0, 0.1) is 10.1 Å². The normalized spacial score (nSPS) is 16.6. The second-order valence-electron chi connectivity index (χ2n) is 5.09. The smallest absolute Gasteiger partial charge is 0.272 e. The summed E-state index contributed by atoms with van der Waals surface area (Å²) >= 11 is 0. The molecule has 9 heteroatoms. The van der Waals surface area contributed by atoms with Gasteiger partial charge in [0.05, 0.1) is 10.6 Å². The van der Waals surface area contributed by atoms with Gasteiger partial charge in [0.15, 0.2) is 5.69 Å². The summed E-state index contributed by atoms with van der Waals surface area (Å²) in [7, 11) is 0. The molecule has 2 aromatic rings. The summed E-state index contributed by atoms with van der Waals surface area (Å²) in [5, 5.41) is 21.1. The number of benzene rings is 1. The van der Waals surface area contributed by atoms with Gasteiger partial charge in [-0.3, -0.25) is 14.9 Å². The monoisotopic (exact) mass is 337 g/mol. The number of nitro groups is 1. The minimum absolute atomic E-state index is 0. The summed E-state index contributed by atoms with van der Waals surface area (Å²) < 4.78 is 1.45. The lowest BCUT2D eigenvalue weighted by Crippen LogP contribution is -2.36. The van der Waals surface area contributed by atoms with E-state index in [1.54, 1.807) is 24.4 Å². The van der Waals surface area contributed by atoms with E-state index >= 15 is 0 Å². The Labute approximate surface area is 138 Å². The van der Waals surface area contributed by atoms with Crippen molar-refractivity contribution in [2.24, 2.45) is 0 Å². The lowest BCUT2D eigenvalue weighted by molar-refractivity contribution is -0.384. The van der Waals surface area contributed by atoms with Crippen LogP contribution in [0.3, 0.4) is 0 Å². The highest BCUT2D eigenvalue weighted by Gasteiger charge is 2.19. The molecule has 0 radical (unpaired) electrons. The standard InChI is InChI=1S/C14H15N5O3.ClH/c20-14(16-10-4-6-15-9-10)13-5-7-18(17-13)11-2-1-3-12(8-11)19(21)22;/h1-3,5,7-8,10,15H,4,6,9H2,(H,16,20);1H. The van der Waals surface area contributed by atoms with Crippen LogP contribution in [0.1, 0.15) is 16.9 Å². The summed E-state index contributed by atoms with van der Waals surface area (Å²) in [6, 6.07) is 7.82. The third kappa shape index (κ3) is 3.85. The van der Waals surface area contributed by atoms with Crippen LogP contribution >= 0.6 is 12.4 Å². The molecule has 3 rings (SSSR count). The van der Waals surface area contributed by atoms with Gasteiger partial charge in [0, 0.05) is 30.9 Å². The Hall–Kier alpha value is -2.45. The molecule has 1 fully saturated rings. The number of hydrogen-bond acceptors (Lipinski definition) is 5. The molecule has 122 valence electrons. The number of nitrogens with zero attached hydrogens (tertiary/aromatic N) is 3. The Balaban J connectivity index is 0.00000192. The maximum absolute atomic E-state index is 12.1. The van der Waals surface area contributed by atoms with E-state index in [9.17, 15) is 14.9 Å². The molecule has 8 nitrogen and oxygen atoms in total. The van der Waals surface area contributed by atoms with Gasteiger partial charge in [0.2, 0.25) is 0 Å². The van der Waals surface area contributed by atoms with Crippen molar-refractivity contribution < 1.29 is 9.72 Å². The van der Waals surface area contributed by atoms with Crippen molar-refractivity contribution >= 4 is 24.0 Å². The van der Waals surface area contributed by atoms with E-state index in [0.717, 1.165) is 19.5 Å². The number of halogens is 1. The average molecular weight is 338 g/mol. The van der Waals surface area contributed by atoms with Crippen molar-refractivity contribution in [1.29, 1.82) is 0 Å². The van der Waals surface area contributed by atoms with Crippen molar-refractivity contribution in [1.82, 2.24) is 20.4 Å². The van der Waals surface area contributed by atoms with E-state index in [1.165, 1.54) is 16.8 Å². The van der Waals surface area contributed by atoms with E-state index in [2.05, 4.69) is 15.7 Å². The summed E-state index contributed by atoms with van der Waals surface area (Å²) in [5.74, 6) is -0.238. The summed E-state index contributed by atoms with van der Waals surface area (Å²) in [6.07, 6.45) is 2.51.